The van der Waals surface area contributed by atoms with Crippen LogP contribution < -0.4 is 0 Å². The fourth-order valence-corrected chi connectivity index (χ4v) is 2.87. The van der Waals surface area contributed by atoms with Gasteiger partial charge in [0.05, 0.1) is 11.3 Å². The molecule has 1 aromatic heterocycles. The summed E-state index contributed by atoms with van der Waals surface area (Å²) in [5.74, 6) is 0.421. The molecule has 0 aliphatic heterocycles. The molecule has 0 aliphatic carbocycles. The molecule has 0 fully saturated rings. The fourth-order valence-electron chi connectivity index (χ4n) is 2.55. The van der Waals surface area contributed by atoms with Crippen molar-refractivity contribution in [3.63, 3.8) is 0 Å². The van der Waals surface area contributed by atoms with Crippen LogP contribution in [-0.2, 0) is 18.6 Å². The Kier molecular flexibility index (Phi) is 4.84. The number of aryl methyl sites for hydroxylation is 2. The maximum atomic E-state index is 11.0. The molecule has 2 rings (SSSR count). The van der Waals surface area contributed by atoms with Crippen LogP contribution in [0, 0.1) is 6.92 Å². The van der Waals surface area contributed by atoms with Crippen LogP contribution in [0.3, 0.4) is 0 Å². The number of hydrogen-bond donors (Lipinski definition) is 1. The van der Waals surface area contributed by atoms with Crippen LogP contribution in [0.2, 0.25) is 0 Å². The second kappa shape index (κ2) is 6.42. The number of aliphatic hydroxyl groups is 1. The van der Waals surface area contributed by atoms with E-state index in [0.717, 1.165) is 23.5 Å². The Bertz CT molecular complexity index is 553. The van der Waals surface area contributed by atoms with E-state index in [1.807, 2.05) is 48.0 Å². The van der Waals surface area contributed by atoms with Gasteiger partial charge in [0.25, 0.3) is 0 Å². The van der Waals surface area contributed by atoms with Gasteiger partial charge in [-0.25, -0.2) is 0 Å². The van der Waals surface area contributed by atoms with Gasteiger partial charge in [0.15, 0.2) is 0 Å². The molecule has 0 saturated heterocycles. The third-order valence-corrected chi connectivity index (χ3v) is 3.77. The molecule has 1 unspecified atom stereocenters. The van der Waals surface area contributed by atoms with Gasteiger partial charge >= 0.3 is 0 Å². The van der Waals surface area contributed by atoms with Gasteiger partial charge in [-0.3, -0.25) is 4.68 Å². The van der Waals surface area contributed by atoms with Crippen molar-refractivity contribution in [2.75, 3.05) is 5.88 Å². The fraction of sp³-hybridized carbons (Fsp3) is 0.438. The van der Waals surface area contributed by atoms with Crippen LogP contribution in [0.1, 0.15) is 30.3 Å². The van der Waals surface area contributed by atoms with E-state index in [2.05, 4.69) is 12.0 Å². The predicted molar refractivity (Wildman–Crippen MR) is 82.0 cm³/mol. The van der Waals surface area contributed by atoms with Gasteiger partial charge in [-0.05, 0) is 31.9 Å². The third-order valence-electron chi connectivity index (χ3n) is 3.58. The van der Waals surface area contributed by atoms with Crippen molar-refractivity contribution in [2.24, 2.45) is 0 Å². The summed E-state index contributed by atoms with van der Waals surface area (Å²) in [6, 6.07) is 11.8. The van der Waals surface area contributed by atoms with Crippen molar-refractivity contribution in [1.82, 2.24) is 9.78 Å². The molecule has 0 amide bonds. The first-order chi connectivity index (χ1) is 9.59. The number of aromatic nitrogens is 2. The normalized spacial score (nSPS) is 14.2. The van der Waals surface area contributed by atoms with Crippen molar-refractivity contribution >= 4 is 11.6 Å². The summed E-state index contributed by atoms with van der Waals surface area (Å²) in [5.41, 5.74) is 1.98. The minimum Gasteiger partial charge on any atom is -0.385 e. The van der Waals surface area contributed by atoms with Gasteiger partial charge in [-0.1, -0.05) is 30.3 Å². The molecule has 0 saturated carbocycles. The lowest BCUT2D eigenvalue weighted by molar-refractivity contribution is 0.0316. The molecule has 20 heavy (non-hydrogen) atoms. The van der Waals surface area contributed by atoms with Crippen molar-refractivity contribution in [2.45, 2.75) is 38.8 Å². The van der Waals surface area contributed by atoms with Crippen LogP contribution in [0.4, 0.5) is 0 Å². The molecule has 1 N–H and O–H groups in total. The number of hydrogen-bond acceptors (Lipinski definition) is 2. The summed E-state index contributed by atoms with van der Waals surface area (Å²) >= 11 is 5.90. The molecule has 1 atom stereocenters. The number of benzene rings is 1. The number of alkyl halides is 1. The van der Waals surface area contributed by atoms with E-state index in [4.69, 9.17) is 11.6 Å². The lowest BCUT2D eigenvalue weighted by Crippen LogP contribution is -2.30. The van der Waals surface area contributed by atoms with Gasteiger partial charge in [0.1, 0.15) is 0 Å². The van der Waals surface area contributed by atoms with Crippen LogP contribution >= 0.6 is 11.6 Å². The van der Waals surface area contributed by atoms with Crippen LogP contribution in [-0.4, -0.2) is 20.8 Å². The summed E-state index contributed by atoms with van der Waals surface area (Å²) in [6.07, 6.45) is 1.05. The molecule has 0 spiro atoms. The molecule has 0 radical (unpaired) electrons. The Balaban J connectivity index is 2.34. The average molecular weight is 293 g/mol. The maximum Gasteiger partial charge on any atom is 0.0963 e. The molecule has 0 aliphatic rings. The highest BCUT2D eigenvalue weighted by Crippen LogP contribution is 2.30. The summed E-state index contributed by atoms with van der Waals surface area (Å²) in [6.45, 7) is 4.83. The van der Waals surface area contributed by atoms with Crippen LogP contribution in [0.15, 0.2) is 36.4 Å². The smallest absolute Gasteiger partial charge is 0.0963 e. The van der Waals surface area contributed by atoms with Gasteiger partial charge in [-0.2, -0.15) is 5.10 Å². The molecule has 3 nitrogen and oxygen atoms in total. The van der Waals surface area contributed by atoms with E-state index in [9.17, 15) is 5.11 Å². The standard InChI is InChI=1S/C16H21ClN2O/c1-3-19-15(11-13(2)18-19)12-16(20,9-10-17)14-7-5-4-6-8-14/h4-8,11,20H,3,9-10,12H2,1-2H3. The zero-order chi connectivity index (χ0) is 14.6. The Morgan fingerprint density at radius 1 is 1.30 bits per heavy atom. The van der Waals surface area contributed by atoms with E-state index < -0.39 is 5.60 Å². The minimum atomic E-state index is -0.942. The quantitative estimate of drug-likeness (QED) is 0.830. The van der Waals surface area contributed by atoms with E-state index in [1.165, 1.54) is 0 Å². The lowest BCUT2D eigenvalue weighted by Gasteiger charge is -2.28. The van der Waals surface area contributed by atoms with Gasteiger partial charge in [-0.15, -0.1) is 11.6 Å². The van der Waals surface area contributed by atoms with E-state index in [1.54, 1.807) is 0 Å². The second-order valence-corrected chi connectivity index (χ2v) is 5.48. The van der Waals surface area contributed by atoms with E-state index in [0.29, 0.717) is 18.7 Å². The maximum absolute atomic E-state index is 11.0. The summed E-state index contributed by atoms with van der Waals surface area (Å²) in [4.78, 5) is 0. The molecule has 4 heteroatoms. The monoisotopic (exact) mass is 292 g/mol. The lowest BCUT2D eigenvalue weighted by atomic mass is 9.86. The Morgan fingerprint density at radius 3 is 2.60 bits per heavy atom. The van der Waals surface area contributed by atoms with Crippen molar-refractivity contribution < 1.29 is 5.11 Å². The van der Waals surface area contributed by atoms with Crippen molar-refractivity contribution in [3.8, 4) is 0 Å². The predicted octanol–water partition coefficient (Wildman–Crippen LogP) is 3.27. The summed E-state index contributed by atoms with van der Waals surface area (Å²) < 4.78 is 1.94. The Hall–Kier alpha value is -1.32. The van der Waals surface area contributed by atoms with Crippen LogP contribution in [0.5, 0.6) is 0 Å². The van der Waals surface area contributed by atoms with Crippen molar-refractivity contribution in [1.29, 1.82) is 0 Å². The van der Waals surface area contributed by atoms with E-state index >= 15 is 0 Å². The van der Waals surface area contributed by atoms with Crippen LogP contribution in [0.25, 0.3) is 0 Å². The molecule has 2 aromatic rings. The minimum absolute atomic E-state index is 0.421. The van der Waals surface area contributed by atoms with Gasteiger partial charge in [0, 0.05) is 24.5 Å². The zero-order valence-corrected chi connectivity index (χ0v) is 12.8. The summed E-state index contributed by atoms with van der Waals surface area (Å²) in [7, 11) is 0. The molecular weight excluding hydrogens is 272 g/mol. The average Bonchev–Trinajstić information content (AvgIpc) is 2.79. The molecule has 1 aromatic carbocycles. The largest absolute Gasteiger partial charge is 0.385 e. The van der Waals surface area contributed by atoms with Crippen molar-refractivity contribution in [3.05, 3.63) is 53.3 Å². The zero-order valence-electron chi connectivity index (χ0n) is 12.0. The van der Waals surface area contributed by atoms with Gasteiger partial charge < -0.3 is 5.11 Å². The highest BCUT2D eigenvalue weighted by atomic mass is 35.5. The highest BCUT2D eigenvalue weighted by Gasteiger charge is 2.30. The molecule has 0 bridgehead atoms. The first kappa shape index (κ1) is 15.1. The summed E-state index contributed by atoms with van der Waals surface area (Å²) in [5, 5.41) is 15.5. The Labute approximate surface area is 125 Å². The molecule has 1 heterocycles. The SMILES string of the molecule is CCn1nc(C)cc1CC(O)(CCCl)c1ccccc1. The Morgan fingerprint density at radius 2 is 2.00 bits per heavy atom. The first-order valence-corrected chi connectivity index (χ1v) is 7.49. The molecular formula is C16H21ClN2O. The molecule has 108 valence electrons. The number of halogens is 1. The first-order valence-electron chi connectivity index (χ1n) is 6.96. The highest BCUT2D eigenvalue weighted by molar-refractivity contribution is 6.17. The topological polar surface area (TPSA) is 38.0 Å². The third kappa shape index (κ3) is 3.22. The van der Waals surface area contributed by atoms with E-state index in [-0.39, 0.29) is 0 Å². The second-order valence-electron chi connectivity index (χ2n) is 5.11. The number of nitrogens with zero attached hydrogens (tertiary/aromatic N) is 2. The number of rotatable bonds is 6. The van der Waals surface area contributed by atoms with Gasteiger partial charge in [0.2, 0.25) is 0 Å².